The largest absolute Gasteiger partial charge is 0.466 e. The Hall–Kier alpha value is -0.633. The molecule has 0 atom stereocenters. The Morgan fingerprint density at radius 1 is 0.818 bits per heavy atom. The second-order valence-electron chi connectivity index (χ2n) is 10.4. The fourth-order valence-corrected chi connectivity index (χ4v) is 5.26. The van der Waals surface area contributed by atoms with Crippen molar-refractivity contribution in [2.24, 2.45) is 11.8 Å². The molecule has 1 N–H and O–H groups in total. The van der Waals surface area contributed by atoms with Crippen LogP contribution in [0.15, 0.2) is 0 Å². The minimum Gasteiger partial charge on any atom is -0.466 e. The third-order valence-electron chi connectivity index (χ3n) is 6.88. The lowest BCUT2D eigenvalue weighted by atomic mass is 9.87. The zero-order chi connectivity index (χ0) is 25.7. The van der Waals surface area contributed by atoms with Gasteiger partial charge in [0, 0.05) is 12.5 Å². The summed E-state index contributed by atoms with van der Waals surface area (Å²) >= 11 is 4.64. The summed E-state index contributed by atoms with van der Waals surface area (Å²) in [5.74, 6) is 0.0187. The van der Waals surface area contributed by atoms with Gasteiger partial charge in [0.25, 0.3) is 0 Å². The lowest BCUT2D eigenvalue weighted by Gasteiger charge is -2.41. The second-order valence-corrected chi connectivity index (χ2v) is 15.1. The smallest absolute Gasteiger partial charge is 0.308 e. The maximum absolute atomic E-state index is 11.7. The molecule has 196 valence electrons. The summed E-state index contributed by atoms with van der Waals surface area (Å²) in [6, 6.07) is 0. The quantitative estimate of drug-likeness (QED) is 0.265. The van der Waals surface area contributed by atoms with Crippen molar-refractivity contribution in [2.45, 2.75) is 116 Å². The first-order valence-electron chi connectivity index (χ1n) is 12.5. The first kappa shape index (κ1) is 32.4. The van der Waals surface area contributed by atoms with Crippen LogP contribution in [0.1, 0.15) is 86.0 Å². The number of carbonyl (C=O) groups excluding carboxylic acids is 2. The van der Waals surface area contributed by atoms with E-state index in [0.29, 0.717) is 19.3 Å². The van der Waals surface area contributed by atoms with E-state index in [-0.39, 0.29) is 34.9 Å². The van der Waals surface area contributed by atoms with E-state index in [2.05, 4.69) is 45.5 Å². The van der Waals surface area contributed by atoms with Gasteiger partial charge in [-0.15, -0.1) is 11.6 Å². The number of ether oxygens (including phenoxy) is 2. The highest BCUT2D eigenvalue weighted by molar-refractivity contribution is 6.74. The predicted molar refractivity (Wildman–Crippen MR) is 137 cm³/mol. The predicted octanol–water partition coefficient (Wildman–Crippen LogP) is 6.09. The molecule has 0 spiro atoms. The SMILES string of the molecule is CCOC(=O)C1CCC(O)CC1.CCOC(=O)C1CCC(O[Si](C)(C)C(C)(C)C)CC1.CCl. The summed E-state index contributed by atoms with van der Waals surface area (Å²) in [6.45, 7) is 16.0. The van der Waals surface area contributed by atoms with E-state index in [1.165, 1.54) is 6.38 Å². The molecule has 0 radical (unpaired) electrons. The number of halogens is 1. The van der Waals surface area contributed by atoms with Crippen LogP contribution in [0, 0.1) is 11.8 Å². The van der Waals surface area contributed by atoms with Gasteiger partial charge in [0.2, 0.25) is 0 Å². The van der Waals surface area contributed by atoms with Crippen LogP contribution in [0.2, 0.25) is 18.1 Å². The minimum atomic E-state index is -1.67. The Morgan fingerprint density at radius 3 is 1.52 bits per heavy atom. The van der Waals surface area contributed by atoms with Crippen LogP contribution in [-0.4, -0.2) is 57.2 Å². The fraction of sp³-hybridized carbons (Fsp3) is 0.920. The average Bonchev–Trinajstić information content (AvgIpc) is 2.76. The average molecular weight is 509 g/mol. The standard InChI is InChI=1S/C15H30O3Si.C9H16O3.CH3Cl/c1-7-17-14(16)12-8-10-13(11-9-12)18-19(5,6)15(2,3)4;1-2-12-9(11)7-3-5-8(10)6-4-7;1-2/h12-13H,7-11H2,1-6H3;7-8,10H,2-6H2,1H3;1H3. The van der Waals surface area contributed by atoms with Crippen LogP contribution in [0.5, 0.6) is 0 Å². The van der Waals surface area contributed by atoms with Crippen LogP contribution < -0.4 is 0 Å². The molecule has 0 bridgehead atoms. The zero-order valence-electron chi connectivity index (χ0n) is 22.2. The van der Waals surface area contributed by atoms with Crippen LogP contribution >= 0.6 is 11.6 Å². The van der Waals surface area contributed by atoms with Gasteiger partial charge in [0.1, 0.15) is 0 Å². The van der Waals surface area contributed by atoms with E-state index in [1.54, 1.807) is 0 Å². The molecule has 0 aromatic heterocycles. The zero-order valence-corrected chi connectivity index (χ0v) is 24.0. The highest BCUT2D eigenvalue weighted by Crippen LogP contribution is 2.39. The van der Waals surface area contributed by atoms with Gasteiger partial charge < -0.3 is 19.0 Å². The molecule has 8 heteroatoms. The van der Waals surface area contributed by atoms with Crippen molar-refractivity contribution in [3.8, 4) is 0 Å². The molecule has 0 aromatic carbocycles. The number of carbonyl (C=O) groups is 2. The summed E-state index contributed by atoms with van der Waals surface area (Å²) in [5, 5.41) is 9.44. The highest BCUT2D eigenvalue weighted by atomic mass is 35.5. The maximum Gasteiger partial charge on any atom is 0.308 e. The van der Waals surface area contributed by atoms with Gasteiger partial charge >= 0.3 is 11.9 Å². The number of hydrogen-bond acceptors (Lipinski definition) is 6. The molecule has 2 saturated carbocycles. The van der Waals surface area contributed by atoms with Crippen molar-refractivity contribution in [3.05, 3.63) is 0 Å². The van der Waals surface area contributed by atoms with Crippen molar-refractivity contribution in [3.63, 3.8) is 0 Å². The third kappa shape index (κ3) is 12.1. The fourth-order valence-electron chi connectivity index (χ4n) is 3.84. The van der Waals surface area contributed by atoms with Crippen molar-refractivity contribution in [2.75, 3.05) is 19.6 Å². The van der Waals surface area contributed by atoms with Gasteiger partial charge in [-0.3, -0.25) is 9.59 Å². The van der Waals surface area contributed by atoms with E-state index < -0.39 is 8.32 Å². The molecule has 0 heterocycles. The van der Waals surface area contributed by atoms with Gasteiger partial charge in [-0.1, -0.05) is 20.8 Å². The molecular formula is C25H49ClO6Si. The first-order chi connectivity index (χ1) is 15.4. The van der Waals surface area contributed by atoms with Gasteiger partial charge in [-0.2, -0.15) is 0 Å². The summed E-state index contributed by atoms with van der Waals surface area (Å²) in [6.07, 6.45) is 8.47. The number of rotatable bonds is 6. The van der Waals surface area contributed by atoms with Crippen LogP contribution in [0.3, 0.4) is 0 Å². The number of esters is 2. The van der Waals surface area contributed by atoms with Gasteiger partial charge in [-0.25, -0.2) is 0 Å². The van der Waals surface area contributed by atoms with Crippen molar-refractivity contribution < 1.29 is 28.6 Å². The topological polar surface area (TPSA) is 82.1 Å². The van der Waals surface area contributed by atoms with E-state index >= 15 is 0 Å². The Morgan fingerprint density at radius 2 is 1.18 bits per heavy atom. The Kier molecular flexibility index (Phi) is 15.8. The molecule has 0 unspecified atom stereocenters. The van der Waals surface area contributed by atoms with Crippen molar-refractivity contribution >= 4 is 31.9 Å². The van der Waals surface area contributed by atoms with Gasteiger partial charge in [0.15, 0.2) is 8.32 Å². The summed E-state index contributed by atoms with van der Waals surface area (Å²) < 4.78 is 16.4. The number of aliphatic hydroxyl groups is 1. The normalized spacial score (nSPS) is 25.5. The van der Waals surface area contributed by atoms with Crippen LogP contribution in [-0.2, 0) is 23.5 Å². The number of alkyl halides is 1. The van der Waals surface area contributed by atoms with Crippen molar-refractivity contribution in [1.82, 2.24) is 0 Å². The molecular weight excluding hydrogens is 460 g/mol. The van der Waals surface area contributed by atoms with E-state index in [0.717, 1.165) is 51.4 Å². The van der Waals surface area contributed by atoms with E-state index in [1.807, 2.05) is 13.8 Å². The lowest BCUT2D eigenvalue weighted by molar-refractivity contribution is -0.150. The minimum absolute atomic E-state index is 0.0201. The molecule has 0 aliphatic heterocycles. The number of aliphatic hydroxyl groups excluding tert-OH is 1. The third-order valence-corrected chi connectivity index (χ3v) is 11.4. The van der Waals surface area contributed by atoms with Crippen LogP contribution in [0.4, 0.5) is 0 Å². The molecule has 2 rings (SSSR count). The van der Waals surface area contributed by atoms with E-state index in [9.17, 15) is 14.7 Å². The molecule has 2 aliphatic carbocycles. The first-order valence-corrected chi connectivity index (χ1v) is 16.1. The highest BCUT2D eigenvalue weighted by Gasteiger charge is 2.40. The molecule has 2 aliphatic rings. The Bertz CT molecular complexity index is 548. The molecule has 0 aromatic rings. The second kappa shape index (κ2) is 16.1. The Balaban J connectivity index is 0.000000627. The molecule has 0 saturated heterocycles. The molecule has 33 heavy (non-hydrogen) atoms. The van der Waals surface area contributed by atoms with Crippen molar-refractivity contribution in [1.29, 1.82) is 0 Å². The summed E-state index contributed by atoms with van der Waals surface area (Å²) in [7, 11) is -1.67. The lowest BCUT2D eigenvalue weighted by Crippen LogP contribution is -2.45. The summed E-state index contributed by atoms with van der Waals surface area (Å²) in [5.41, 5.74) is 0. The summed E-state index contributed by atoms with van der Waals surface area (Å²) in [4.78, 5) is 22.9. The maximum atomic E-state index is 11.7. The molecule has 0 amide bonds. The molecule has 6 nitrogen and oxygen atoms in total. The van der Waals surface area contributed by atoms with Crippen LogP contribution in [0.25, 0.3) is 0 Å². The number of hydrogen-bond donors (Lipinski definition) is 1. The molecule has 2 fully saturated rings. The Labute approximate surface area is 208 Å². The van der Waals surface area contributed by atoms with Gasteiger partial charge in [0.05, 0.1) is 31.2 Å². The van der Waals surface area contributed by atoms with E-state index in [4.69, 9.17) is 13.9 Å². The van der Waals surface area contributed by atoms with Gasteiger partial charge in [-0.05, 0) is 83.3 Å². The monoisotopic (exact) mass is 508 g/mol.